The topological polar surface area (TPSA) is 22.1 Å². The van der Waals surface area contributed by atoms with Crippen LogP contribution in [0.3, 0.4) is 0 Å². The maximum Gasteiger partial charge on any atom is 0.134 e. The SMILES string of the molecule is Clc1ccc(COc2ccc(-c3nc4ccccc4s3)cc2Br)c(Cl)c1. The van der Waals surface area contributed by atoms with Crippen molar-refractivity contribution in [3.8, 4) is 16.3 Å². The highest BCUT2D eigenvalue weighted by Crippen LogP contribution is 2.35. The van der Waals surface area contributed by atoms with Crippen molar-refractivity contribution in [2.75, 3.05) is 0 Å². The van der Waals surface area contributed by atoms with Gasteiger partial charge >= 0.3 is 0 Å². The van der Waals surface area contributed by atoms with Gasteiger partial charge in [0, 0.05) is 21.2 Å². The molecule has 0 aliphatic rings. The van der Waals surface area contributed by atoms with Gasteiger partial charge < -0.3 is 4.74 Å². The highest BCUT2D eigenvalue weighted by Gasteiger charge is 2.10. The first kappa shape index (κ1) is 17.8. The Balaban J connectivity index is 1.55. The van der Waals surface area contributed by atoms with Crippen LogP contribution in [0.2, 0.25) is 10.0 Å². The molecule has 0 radical (unpaired) electrons. The average Bonchev–Trinajstić information content (AvgIpc) is 3.06. The van der Waals surface area contributed by atoms with E-state index in [1.54, 1.807) is 23.5 Å². The largest absolute Gasteiger partial charge is 0.488 e. The molecule has 1 aromatic heterocycles. The number of nitrogens with zero attached hydrogens (tertiary/aromatic N) is 1. The normalized spacial score (nSPS) is 11.0. The molecule has 0 amide bonds. The van der Waals surface area contributed by atoms with E-state index in [4.69, 9.17) is 32.9 Å². The molecule has 0 spiro atoms. The second-order valence-electron chi connectivity index (χ2n) is 5.66. The van der Waals surface area contributed by atoms with Crippen LogP contribution in [-0.4, -0.2) is 4.98 Å². The van der Waals surface area contributed by atoms with E-state index in [0.717, 1.165) is 31.9 Å². The third kappa shape index (κ3) is 3.74. The lowest BCUT2D eigenvalue weighted by molar-refractivity contribution is 0.304. The molecule has 3 aromatic carbocycles. The lowest BCUT2D eigenvalue weighted by Gasteiger charge is -2.10. The third-order valence-corrected chi connectivity index (χ3v) is 6.16. The molecule has 0 saturated heterocycles. The molecular formula is C20H12BrCl2NOS. The molecular weight excluding hydrogens is 453 g/mol. The van der Waals surface area contributed by atoms with Crippen molar-refractivity contribution in [1.29, 1.82) is 0 Å². The number of rotatable bonds is 4. The average molecular weight is 465 g/mol. The van der Waals surface area contributed by atoms with E-state index in [1.165, 1.54) is 4.70 Å². The number of benzene rings is 3. The smallest absolute Gasteiger partial charge is 0.134 e. The molecule has 0 unspecified atom stereocenters. The minimum atomic E-state index is 0.370. The summed E-state index contributed by atoms with van der Waals surface area (Å²) >= 11 is 17.4. The summed E-state index contributed by atoms with van der Waals surface area (Å²) < 4.78 is 7.95. The van der Waals surface area contributed by atoms with Gasteiger partial charge in [-0.15, -0.1) is 11.3 Å². The zero-order valence-electron chi connectivity index (χ0n) is 13.4. The summed E-state index contributed by atoms with van der Waals surface area (Å²) in [6.45, 7) is 0.370. The van der Waals surface area contributed by atoms with Crippen molar-refractivity contribution in [3.05, 3.63) is 80.7 Å². The number of aromatic nitrogens is 1. The second kappa shape index (κ2) is 7.57. The second-order valence-corrected chi connectivity index (χ2v) is 8.38. The molecule has 0 aliphatic carbocycles. The molecule has 1 heterocycles. The lowest BCUT2D eigenvalue weighted by atomic mass is 10.2. The number of hydrogen-bond donors (Lipinski definition) is 0. The maximum atomic E-state index is 6.20. The van der Waals surface area contributed by atoms with Crippen molar-refractivity contribution in [2.45, 2.75) is 6.61 Å². The quantitative estimate of drug-likeness (QED) is 0.310. The fraction of sp³-hybridized carbons (Fsp3) is 0.0500. The first-order valence-electron chi connectivity index (χ1n) is 7.82. The van der Waals surface area contributed by atoms with Gasteiger partial charge in [0.2, 0.25) is 0 Å². The Bertz CT molecular complexity index is 1060. The molecule has 4 rings (SSSR count). The first-order valence-corrected chi connectivity index (χ1v) is 10.2. The Labute approximate surface area is 173 Å². The third-order valence-electron chi connectivity index (χ3n) is 3.87. The summed E-state index contributed by atoms with van der Waals surface area (Å²) in [6.07, 6.45) is 0. The van der Waals surface area contributed by atoms with Gasteiger partial charge in [-0.05, 0) is 58.4 Å². The van der Waals surface area contributed by atoms with Crippen LogP contribution in [0.25, 0.3) is 20.8 Å². The zero-order valence-corrected chi connectivity index (χ0v) is 17.3. The number of para-hydroxylation sites is 1. The van der Waals surface area contributed by atoms with E-state index < -0.39 is 0 Å². The molecule has 4 aromatic rings. The van der Waals surface area contributed by atoms with Gasteiger partial charge in [-0.3, -0.25) is 0 Å². The molecule has 130 valence electrons. The molecule has 0 fully saturated rings. The molecule has 0 saturated carbocycles. The van der Waals surface area contributed by atoms with Crippen LogP contribution >= 0.6 is 50.5 Å². The van der Waals surface area contributed by atoms with Gasteiger partial charge in [-0.2, -0.15) is 0 Å². The Morgan fingerprint density at radius 2 is 1.85 bits per heavy atom. The zero-order chi connectivity index (χ0) is 18.1. The Hall–Kier alpha value is -1.59. The van der Waals surface area contributed by atoms with Gasteiger partial charge in [-0.25, -0.2) is 4.98 Å². The van der Waals surface area contributed by atoms with Crippen LogP contribution in [0.1, 0.15) is 5.56 Å². The Kier molecular flexibility index (Phi) is 5.18. The Morgan fingerprint density at radius 1 is 1.00 bits per heavy atom. The predicted molar refractivity (Wildman–Crippen MR) is 114 cm³/mol. The fourth-order valence-corrected chi connectivity index (χ4v) is 4.46. The van der Waals surface area contributed by atoms with Crippen LogP contribution in [-0.2, 0) is 6.61 Å². The molecule has 0 aliphatic heterocycles. The van der Waals surface area contributed by atoms with E-state index >= 15 is 0 Å². The van der Waals surface area contributed by atoms with E-state index in [0.29, 0.717) is 16.7 Å². The van der Waals surface area contributed by atoms with Gasteiger partial charge in [0.25, 0.3) is 0 Å². The maximum absolute atomic E-state index is 6.20. The molecule has 6 heteroatoms. The van der Waals surface area contributed by atoms with Crippen LogP contribution in [0.4, 0.5) is 0 Å². The fourth-order valence-electron chi connectivity index (χ4n) is 2.54. The summed E-state index contributed by atoms with van der Waals surface area (Å²) in [5.74, 6) is 0.751. The number of thiazole rings is 1. The summed E-state index contributed by atoms with van der Waals surface area (Å²) in [6, 6.07) is 19.5. The number of fused-ring (bicyclic) bond motifs is 1. The molecule has 0 N–H and O–H groups in total. The first-order chi connectivity index (χ1) is 12.6. The highest BCUT2D eigenvalue weighted by molar-refractivity contribution is 9.10. The number of hydrogen-bond acceptors (Lipinski definition) is 3. The van der Waals surface area contributed by atoms with Gasteiger partial charge in [0.15, 0.2) is 0 Å². The van der Waals surface area contributed by atoms with Crippen molar-refractivity contribution in [1.82, 2.24) is 4.98 Å². The minimum Gasteiger partial charge on any atom is -0.488 e. The monoisotopic (exact) mass is 463 g/mol. The lowest BCUT2D eigenvalue weighted by Crippen LogP contribution is -1.97. The van der Waals surface area contributed by atoms with E-state index in [9.17, 15) is 0 Å². The van der Waals surface area contributed by atoms with E-state index in [2.05, 4.69) is 22.0 Å². The van der Waals surface area contributed by atoms with Crippen LogP contribution in [0.15, 0.2) is 65.1 Å². The summed E-state index contributed by atoms with van der Waals surface area (Å²) in [5.41, 5.74) is 2.95. The van der Waals surface area contributed by atoms with E-state index in [-0.39, 0.29) is 0 Å². The summed E-state index contributed by atoms with van der Waals surface area (Å²) in [4.78, 5) is 4.69. The van der Waals surface area contributed by atoms with Crippen molar-refractivity contribution in [2.24, 2.45) is 0 Å². The van der Waals surface area contributed by atoms with Crippen LogP contribution < -0.4 is 4.74 Å². The summed E-state index contributed by atoms with van der Waals surface area (Å²) in [5, 5.41) is 2.19. The molecule has 0 bridgehead atoms. The number of halogens is 3. The molecule has 0 atom stereocenters. The standard InChI is InChI=1S/C20H12BrCl2NOS/c21-15-9-12(20-24-17-3-1-2-4-19(17)26-20)6-8-18(15)25-11-13-5-7-14(22)10-16(13)23/h1-10H,11H2. The highest BCUT2D eigenvalue weighted by atomic mass is 79.9. The van der Waals surface area contributed by atoms with Gasteiger partial charge in [0.05, 0.1) is 14.7 Å². The van der Waals surface area contributed by atoms with Crippen LogP contribution in [0, 0.1) is 0 Å². The van der Waals surface area contributed by atoms with Gasteiger partial charge in [0.1, 0.15) is 17.4 Å². The predicted octanol–water partition coefficient (Wildman–Crippen LogP) is 7.61. The Morgan fingerprint density at radius 3 is 2.62 bits per heavy atom. The minimum absolute atomic E-state index is 0.370. The van der Waals surface area contributed by atoms with Crippen LogP contribution in [0.5, 0.6) is 5.75 Å². The molecule has 26 heavy (non-hydrogen) atoms. The van der Waals surface area contributed by atoms with E-state index in [1.807, 2.05) is 42.5 Å². The van der Waals surface area contributed by atoms with Crippen molar-refractivity contribution >= 4 is 60.7 Å². The summed E-state index contributed by atoms with van der Waals surface area (Å²) in [7, 11) is 0. The van der Waals surface area contributed by atoms with Gasteiger partial charge in [-0.1, -0.05) is 41.4 Å². The van der Waals surface area contributed by atoms with Crippen molar-refractivity contribution in [3.63, 3.8) is 0 Å². The number of ether oxygens (including phenoxy) is 1. The molecule has 2 nitrogen and oxygen atoms in total. The van der Waals surface area contributed by atoms with Crippen molar-refractivity contribution < 1.29 is 4.74 Å².